The van der Waals surface area contributed by atoms with Crippen LogP contribution in [0.3, 0.4) is 0 Å². The van der Waals surface area contributed by atoms with Gasteiger partial charge >= 0.3 is 0 Å². The summed E-state index contributed by atoms with van der Waals surface area (Å²) in [6, 6.07) is 2.12. The van der Waals surface area contributed by atoms with E-state index in [1.807, 2.05) is 0 Å². The zero-order chi connectivity index (χ0) is 16.2. The Balaban J connectivity index is 1.56. The summed E-state index contributed by atoms with van der Waals surface area (Å²) in [5, 5.41) is 0. The Bertz CT molecular complexity index is 506. The van der Waals surface area contributed by atoms with Gasteiger partial charge in [-0.25, -0.2) is 9.97 Å². The molecule has 3 rings (SSSR count). The highest BCUT2D eigenvalue weighted by Crippen LogP contribution is 2.20. The lowest BCUT2D eigenvalue weighted by molar-refractivity contribution is -0.00646. The minimum absolute atomic E-state index is 0.374. The number of hydrogen-bond acceptors (Lipinski definition) is 5. The summed E-state index contributed by atoms with van der Waals surface area (Å²) in [5.74, 6) is 2.42. The van der Waals surface area contributed by atoms with Crippen molar-refractivity contribution in [2.24, 2.45) is 0 Å². The molecule has 1 aromatic heterocycles. The monoisotopic (exact) mass is 318 g/mol. The van der Waals surface area contributed by atoms with Crippen LogP contribution in [0.1, 0.15) is 50.5 Å². The second kappa shape index (κ2) is 7.58. The van der Waals surface area contributed by atoms with Gasteiger partial charge in [0.25, 0.3) is 0 Å². The van der Waals surface area contributed by atoms with Crippen molar-refractivity contribution in [2.45, 2.75) is 52.1 Å². The van der Waals surface area contributed by atoms with Gasteiger partial charge in [-0.15, -0.1) is 0 Å². The topological polar surface area (TPSA) is 41.5 Å². The molecule has 128 valence electrons. The van der Waals surface area contributed by atoms with Crippen molar-refractivity contribution in [1.29, 1.82) is 0 Å². The highest BCUT2D eigenvalue weighted by molar-refractivity contribution is 5.40. The number of aromatic nitrogens is 2. The van der Waals surface area contributed by atoms with Crippen molar-refractivity contribution in [3.63, 3.8) is 0 Å². The van der Waals surface area contributed by atoms with E-state index in [0.717, 1.165) is 56.7 Å². The third-order valence-corrected chi connectivity index (χ3v) is 4.81. The molecular formula is C18H30N4O. The molecular weight excluding hydrogens is 288 g/mol. The van der Waals surface area contributed by atoms with Gasteiger partial charge in [-0.3, -0.25) is 4.90 Å². The molecule has 0 bridgehead atoms. The van der Waals surface area contributed by atoms with Crippen LogP contribution in [0.5, 0.6) is 0 Å². The summed E-state index contributed by atoms with van der Waals surface area (Å²) in [4.78, 5) is 14.3. The first-order valence-corrected chi connectivity index (χ1v) is 9.06. The van der Waals surface area contributed by atoms with Gasteiger partial charge in [-0.05, 0) is 26.2 Å². The van der Waals surface area contributed by atoms with E-state index in [1.54, 1.807) is 0 Å². The number of piperazine rings is 1. The SMILES string of the molecule is Cc1cc(N2CCN(CC3CCCCO3)CC2)nc(C(C)C)n1. The smallest absolute Gasteiger partial charge is 0.133 e. The van der Waals surface area contributed by atoms with E-state index in [9.17, 15) is 0 Å². The van der Waals surface area contributed by atoms with E-state index in [4.69, 9.17) is 9.72 Å². The van der Waals surface area contributed by atoms with Gasteiger partial charge in [0.05, 0.1) is 6.10 Å². The highest BCUT2D eigenvalue weighted by Gasteiger charge is 2.23. The Labute approximate surface area is 140 Å². The molecule has 5 heteroatoms. The van der Waals surface area contributed by atoms with Crippen LogP contribution in [0.2, 0.25) is 0 Å². The molecule has 1 atom stereocenters. The Morgan fingerprint density at radius 1 is 1.17 bits per heavy atom. The lowest BCUT2D eigenvalue weighted by atomic mass is 10.1. The van der Waals surface area contributed by atoms with Crippen LogP contribution in [0.15, 0.2) is 6.07 Å². The summed E-state index contributed by atoms with van der Waals surface area (Å²) >= 11 is 0. The predicted octanol–water partition coefficient (Wildman–Crippen LogP) is 2.60. The van der Waals surface area contributed by atoms with Crippen molar-refractivity contribution >= 4 is 5.82 Å². The molecule has 0 saturated carbocycles. The predicted molar refractivity (Wildman–Crippen MR) is 93.1 cm³/mol. The molecule has 0 aromatic carbocycles. The van der Waals surface area contributed by atoms with Crippen molar-refractivity contribution < 1.29 is 4.74 Å². The van der Waals surface area contributed by atoms with E-state index in [-0.39, 0.29) is 0 Å². The highest BCUT2D eigenvalue weighted by atomic mass is 16.5. The fourth-order valence-electron chi connectivity index (χ4n) is 3.39. The van der Waals surface area contributed by atoms with Crippen molar-refractivity contribution in [3.8, 4) is 0 Å². The minimum Gasteiger partial charge on any atom is -0.377 e. The third-order valence-electron chi connectivity index (χ3n) is 4.81. The zero-order valence-corrected chi connectivity index (χ0v) is 14.8. The normalized spacial score (nSPS) is 23.5. The van der Waals surface area contributed by atoms with Gasteiger partial charge in [-0.1, -0.05) is 13.8 Å². The molecule has 0 spiro atoms. The Morgan fingerprint density at radius 3 is 2.61 bits per heavy atom. The average Bonchev–Trinajstić information content (AvgIpc) is 2.56. The van der Waals surface area contributed by atoms with Crippen LogP contribution < -0.4 is 4.90 Å². The average molecular weight is 318 g/mol. The van der Waals surface area contributed by atoms with Crippen LogP contribution in [-0.4, -0.2) is 60.3 Å². The van der Waals surface area contributed by atoms with Crippen LogP contribution in [0.25, 0.3) is 0 Å². The van der Waals surface area contributed by atoms with Crippen LogP contribution in [0, 0.1) is 6.92 Å². The molecule has 2 saturated heterocycles. The maximum atomic E-state index is 5.87. The van der Waals surface area contributed by atoms with E-state index in [2.05, 4.69) is 41.6 Å². The minimum atomic E-state index is 0.374. The van der Waals surface area contributed by atoms with Crippen molar-refractivity contribution in [3.05, 3.63) is 17.6 Å². The fraction of sp³-hybridized carbons (Fsp3) is 0.778. The van der Waals surface area contributed by atoms with E-state index in [0.29, 0.717) is 12.0 Å². The summed E-state index contributed by atoms with van der Waals surface area (Å²) < 4.78 is 5.87. The summed E-state index contributed by atoms with van der Waals surface area (Å²) in [6.45, 7) is 12.7. The van der Waals surface area contributed by atoms with Crippen molar-refractivity contribution in [1.82, 2.24) is 14.9 Å². The number of hydrogen-bond donors (Lipinski definition) is 0. The molecule has 0 N–H and O–H groups in total. The van der Waals surface area contributed by atoms with Gasteiger partial charge in [0.2, 0.25) is 0 Å². The Hall–Kier alpha value is -1.20. The van der Waals surface area contributed by atoms with Gasteiger partial charge in [0.15, 0.2) is 0 Å². The lowest BCUT2D eigenvalue weighted by Gasteiger charge is -2.37. The molecule has 5 nitrogen and oxygen atoms in total. The van der Waals surface area contributed by atoms with E-state index in [1.165, 1.54) is 19.3 Å². The largest absolute Gasteiger partial charge is 0.377 e. The Kier molecular flexibility index (Phi) is 5.49. The zero-order valence-electron chi connectivity index (χ0n) is 14.8. The maximum Gasteiger partial charge on any atom is 0.133 e. The molecule has 1 aromatic rings. The number of anilines is 1. The molecule has 0 amide bonds. The van der Waals surface area contributed by atoms with Crippen molar-refractivity contribution in [2.75, 3.05) is 44.2 Å². The van der Waals surface area contributed by atoms with E-state index >= 15 is 0 Å². The standard InChI is InChI=1S/C18H30N4O/c1-14(2)18-19-15(3)12-17(20-18)22-9-7-21(8-10-22)13-16-6-4-5-11-23-16/h12,14,16H,4-11,13H2,1-3H3. The first-order chi connectivity index (χ1) is 11.1. The van der Waals surface area contributed by atoms with Crippen LogP contribution in [0.4, 0.5) is 5.82 Å². The van der Waals surface area contributed by atoms with Crippen LogP contribution in [-0.2, 0) is 4.74 Å². The van der Waals surface area contributed by atoms with Crippen LogP contribution >= 0.6 is 0 Å². The Morgan fingerprint density at radius 2 is 1.96 bits per heavy atom. The summed E-state index contributed by atoms with van der Waals surface area (Å²) in [6.07, 6.45) is 4.23. The molecule has 0 aliphatic carbocycles. The second-order valence-electron chi connectivity index (χ2n) is 7.16. The number of nitrogens with zero attached hydrogens (tertiary/aromatic N) is 4. The summed E-state index contributed by atoms with van der Waals surface area (Å²) in [5.41, 5.74) is 1.07. The quantitative estimate of drug-likeness (QED) is 0.853. The fourth-order valence-corrected chi connectivity index (χ4v) is 3.39. The third kappa shape index (κ3) is 4.42. The van der Waals surface area contributed by atoms with Gasteiger partial charge in [0, 0.05) is 57.0 Å². The molecule has 3 heterocycles. The molecule has 2 fully saturated rings. The van der Waals surface area contributed by atoms with Gasteiger partial charge in [0.1, 0.15) is 11.6 Å². The first-order valence-electron chi connectivity index (χ1n) is 9.06. The van der Waals surface area contributed by atoms with Gasteiger partial charge in [-0.2, -0.15) is 0 Å². The van der Waals surface area contributed by atoms with E-state index < -0.39 is 0 Å². The first kappa shape index (κ1) is 16.7. The van der Waals surface area contributed by atoms with Gasteiger partial charge < -0.3 is 9.64 Å². The molecule has 0 radical (unpaired) electrons. The lowest BCUT2D eigenvalue weighted by Crippen LogP contribution is -2.49. The second-order valence-corrected chi connectivity index (χ2v) is 7.16. The number of ether oxygens (including phenoxy) is 1. The maximum absolute atomic E-state index is 5.87. The number of rotatable bonds is 4. The summed E-state index contributed by atoms with van der Waals surface area (Å²) in [7, 11) is 0. The molecule has 1 unspecified atom stereocenters. The molecule has 2 aliphatic heterocycles. The molecule has 2 aliphatic rings. The number of aryl methyl sites for hydroxylation is 1. The molecule has 23 heavy (non-hydrogen) atoms.